The van der Waals surface area contributed by atoms with Crippen LogP contribution in [0.4, 0.5) is 5.69 Å². The molecule has 1 saturated heterocycles. The van der Waals surface area contributed by atoms with Gasteiger partial charge in [0.25, 0.3) is 5.91 Å². The molecule has 0 saturated carbocycles. The maximum absolute atomic E-state index is 12.7. The highest BCUT2D eigenvalue weighted by Crippen LogP contribution is 2.42. The number of amides is 1. The third-order valence-corrected chi connectivity index (χ3v) is 7.19. The van der Waals surface area contributed by atoms with Gasteiger partial charge in [0.05, 0.1) is 13.2 Å². The van der Waals surface area contributed by atoms with Crippen molar-refractivity contribution in [3.8, 4) is 11.5 Å². The maximum Gasteiger partial charge on any atom is 0.286 e. The summed E-state index contributed by atoms with van der Waals surface area (Å²) < 4.78 is 5.45. The highest BCUT2D eigenvalue weighted by molar-refractivity contribution is 6.43. The standard InChI is InChI=1S/C29H40N6O4/c1-4-5-21(30)10-11-34-29(24-16-23(19(2)3)25(36)17-26(24)37)35(28(32-34)27(31)38)22-8-6-20(7-9-22)18-33-12-14-39-15-13-33/h6-9,16-17,19,29-30,36-37H,4-5,10-15,18H2,1-3H3,(H2,31,38). The zero-order chi connectivity index (χ0) is 28.1. The number of hydrazone groups is 1. The van der Waals surface area contributed by atoms with E-state index in [9.17, 15) is 15.0 Å². The Kier molecular flexibility index (Phi) is 9.08. The number of primary amides is 1. The average molecular weight is 537 g/mol. The van der Waals surface area contributed by atoms with Crippen LogP contribution in [0.1, 0.15) is 68.8 Å². The quantitative estimate of drug-likeness (QED) is 0.320. The summed E-state index contributed by atoms with van der Waals surface area (Å²) in [4.78, 5) is 16.7. The van der Waals surface area contributed by atoms with Crippen molar-refractivity contribution in [2.45, 2.75) is 58.7 Å². The van der Waals surface area contributed by atoms with Crippen LogP contribution in [0.25, 0.3) is 0 Å². The molecule has 39 heavy (non-hydrogen) atoms. The molecule has 2 heterocycles. The number of rotatable bonds is 11. The number of phenols is 2. The smallest absolute Gasteiger partial charge is 0.286 e. The van der Waals surface area contributed by atoms with Crippen LogP contribution in [0.5, 0.6) is 11.5 Å². The Morgan fingerprint density at radius 3 is 2.44 bits per heavy atom. The summed E-state index contributed by atoms with van der Waals surface area (Å²) in [5.41, 5.74) is 9.42. The number of carbonyl (C=O) groups is 1. The van der Waals surface area contributed by atoms with Gasteiger partial charge in [0.1, 0.15) is 11.5 Å². The first kappa shape index (κ1) is 28.4. The second kappa shape index (κ2) is 12.5. The first-order chi connectivity index (χ1) is 18.7. The van der Waals surface area contributed by atoms with Crippen LogP contribution in [-0.4, -0.2) is 70.4 Å². The van der Waals surface area contributed by atoms with E-state index in [1.54, 1.807) is 16.0 Å². The number of anilines is 1. The summed E-state index contributed by atoms with van der Waals surface area (Å²) in [6.07, 6.45) is 1.32. The zero-order valence-electron chi connectivity index (χ0n) is 23.1. The number of aromatic hydroxyl groups is 2. The fourth-order valence-corrected chi connectivity index (χ4v) is 5.11. The summed E-state index contributed by atoms with van der Waals surface area (Å²) in [7, 11) is 0. The van der Waals surface area contributed by atoms with E-state index in [1.807, 2.05) is 45.0 Å². The Bertz CT molecular complexity index is 1210. The van der Waals surface area contributed by atoms with Gasteiger partial charge in [-0.2, -0.15) is 5.10 Å². The van der Waals surface area contributed by atoms with E-state index in [0.717, 1.165) is 44.8 Å². The van der Waals surface area contributed by atoms with Gasteiger partial charge >= 0.3 is 0 Å². The molecule has 2 aromatic carbocycles. The average Bonchev–Trinajstić information content (AvgIpc) is 3.28. The fraction of sp³-hybridized carbons (Fsp3) is 0.483. The maximum atomic E-state index is 12.7. The van der Waals surface area contributed by atoms with Crippen LogP contribution in [0.15, 0.2) is 41.5 Å². The van der Waals surface area contributed by atoms with E-state index in [0.29, 0.717) is 41.9 Å². The molecule has 2 aromatic rings. The Hall–Kier alpha value is -3.63. The van der Waals surface area contributed by atoms with Crippen LogP contribution in [-0.2, 0) is 16.1 Å². The number of morpholine rings is 1. The molecule has 210 valence electrons. The fourth-order valence-electron chi connectivity index (χ4n) is 5.11. The molecule has 1 amide bonds. The van der Waals surface area contributed by atoms with Crippen LogP contribution in [0.3, 0.4) is 0 Å². The minimum atomic E-state index is -0.690. The topological polar surface area (TPSA) is 139 Å². The molecule has 0 aliphatic carbocycles. The largest absolute Gasteiger partial charge is 0.508 e. The first-order valence-electron chi connectivity index (χ1n) is 13.6. The highest BCUT2D eigenvalue weighted by atomic mass is 16.5. The SMILES string of the molecule is CCCC(=N)CCN1N=C(C(N)=O)N(c2ccc(CN3CCOCC3)cc2)C1c1cc(C(C)C)c(O)cc1O. The lowest BCUT2D eigenvalue weighted by Gasteiger charge is -2.33. The lowest BCUT2D eigenvalue weighted by Crippen LogP contribution is -2.41. The zero-order valence-corrected chi connectivity index (χ0v) is 23.1. The van der Waals surface area contributed by atoms with Gasteiger partial charge in [-0.3, -0.25) is 19.6 Å². The van der Waals surface area contributed by atoms with Crippen molar-refractivity contribution in [2.24, 2.45) is 10.8 Å². The Balaban J connectivity index is 1.73. The van der Waals surface area contributed by atoms with E-state index in [-0.39, 0.29) is 23.3 Å². The highest BCUT2D eigenvalue weighted by Gasteiger charge is 2.40. The number of nitrogens with one attached hydrogen (secondary N) is 1. The number of carbonyl (C=O) groups excluding carboxylic acids is 1. The van der Waals surface area contributed by atoms with Gasteiger partial charge in [0, 0.05) is 55.6 Å². The molecular formula is C29H40N6O4. The Labute approximate surface area is 230 Å². The van der Waals surface area contributed by atoms with Crippen molar-refractivity contribution < 1.29 is 19.7 Å². The number of amidine groups is 1. The summed E-state index contributed by atoms with van der Waals surface area (Å²) in [5.74, 6) is -0.727. The number of nitrogens with two attached hydrogens (primary N) is 1. The molecule has 4 rings (SSSR count). The number of nitrogens with zero attached hydrogens (tertiary/aromatic N) is 4. The number of hydrogen-bond donors (Lipinski definition) is 4. The molecule has 1 fully saturated rings. The molecule has 0 bridgehead atoms. The molecule has 5 N–H and O–H groups in total. The van der Waals surface area contributed by atoms with Crippen molar-refractivity contribution in [2.75, 3.05) is 37.7 Å². The molecule has 10 nitrogen and oxygen atoms in total. The second-order valence-electron chi connectivity index (χ2n) is 10.5. The molecule has 0 aromatic heterocycles. The Morgan fingerprint density at radius 1 is 1.13 bits per heavy atom. The lowest BCUT2D eigenvalue weighted by atomic mass is 9.97. The minimum absolute atomic E-state index is 0.00128. The predicted molar refractivity (Wildman–Crippen MR) is 152 cm³/mol. The van der Waals surface area contributed by atoms with E-state index in [4.69, 9.17) is 15.9 Å². The summed E-state index contributed by atoms with van der Waals surface area (Å²) in [6, 6.07) is 11.0. The van der Waals surface area contributed by atoms with Crippen molar-refractivity contribution in [3.05, 3.63) is 53.1 Å². The van der Waals surface area contributed by atoms with Crippen molar-refractivity contribution in [3.63, 3.8) is 0 Å². The van der Waals surface area contributed by atoms with Gasteiger partial charge in [-0.15, -0.1) is 0 Å². The number of hydrogen-bond acceptors (Lipinski definition) is 9. The Morgan fingerprint density at radius 2 is 1.82 bits per heavy atom. The minimum Gasteiger partial charge on any atom is -0.508 e. The van der Waals surface area contributed by atoms with Crippen LogP contribution >= 0.6 is 0 Å². The van der Waals surface area contributed by atoms with Gasteiger partial charge in [-0.25, -0.2) is 0 Å². The third-order valence-electron chi connectivity index (χ3n) is 7.19. The molecule has 2 aliphatic rings. The second-order valence-corrected chi connectivity index (χ2v) is 10.5. The van der Waals surface area contributed by atoms with Gasteiger partial charge in [0.2, 0.25) is 5.84 Å². The molecule has 10 heteroatoms. The van der Waals surface area contributed by atoms with Gasteiger partial charge in [-0.1, -0.05) is 39.3 Å². The molecule has 2 aliphatic heterocycles. The van der Waals surface area contributed by atoms with Crippen LogP contribution < -0.4 is 10.6 Å². The molecule has 1 unspecified atom stereocenters. The predicted octanol–water partition coefficient (Wildman–Crippen LogP) is 3.88. The first-order valence-corrected chi connectivity index (χ1v) is 13.6. The monoisotopic (exact) mass is 536 g/mol. The molecular weight excluding hydrogens is 496 g/mol. The lowest BCUT2D eigenvalue weighted by molar-refractivity contribution is -0.112. The number of benzene rings is 2. The van der Waals surface area contributed by atoms with Crippen LogP contribution in [0, 0.1) is 5.41 Å². The third kappa shape index (κ3) is 6.51. The van der Waals surface area contributed by atoms with E-state index in [2.05, 4.69) is 10.0 Å². The number of phenolic OH excluding ortho intramolecular Hbond substituents is 2. The summed E-state index contributed by atoms with van der Waals surface area (Å²) in [5, 5.41) is 36.1. The molecule has 0 radical (unpaired) electrons. The van der Waals surface area contributed by atoms with E-state index in [1.165, 1.54) is 6.07 Å². The van der Waals surface area contributed by atoms with E-state index < -0.39 is 12.1 Å². The number of ether oxygens (including phenoxy) is 1. The summed E-state index contributed by atoms with van der Waals surface area (Å²) >= 11 is 0. The molecule has 0 spiro atoms. The van der Waals surface area contributed by atoms with Gasteiger partial charge < -0.3 is 26.1 Å². The van der Waals surface area contributed by atoms with Crippen molar-refractivity contribution in [1.29, 1.82) is 5.41 Å². The van der Waals surface area contributed by atoms with Crippen LogP contribution in [0.2, 0.25) is 0 Å². The summed E-state index contributed by atoms with van der Waals surface area (Å²) in [6.45, 7) is 10.3. The van der Waals surface area contributed by atoms with E-state index >= 15 is 0 Å². The van der Waals surface area contributed by atoms with Gasteiger partial charge in [-0.05, 0) is 41.7 Å². The van der Waals surface area contributed by atoms with Gasteiger partial charge in [0.15, 0.2) is 6.17 Å². The normalized spacial score (nSPS) is 18.1. The van der Waals surface area contributed by atoms with Crippen molar-refractivity contribution in [1.82, 2.24) is 9.91 Å². The van der Waals surface area contributed by atoms with Crippen molar-refractivity contribution >= 4 is 23.1 Å². The molecule has 1 atom stereocenters.